The van der Waals surface area contributed by atoms with Crippen molar-refractivity contribution < 1.29 is 4.92 Å². The number of nitrogens with zero attached hydrogens (tertiary/aromatic N) is 3. The number of nitro groups is 1. The van der Waals surface area contributed by atoms with Gasteiger partial charge in [0.05, 0.1) is 28.7 Å². The predicted octanol–water partition coefficient (Wildman–Crippen LogP) is 3.88. The van der Waals surface area contributed by atoms with Crippen LogP contribution in [0.4, 0.5) is 17.1 Å². The molecule has 0 bridgehead atoms. The van der Waals surface area contributed by atoms with Gasteiger partial charge in [-0.2, -0.15) is 0 Å². The van der Waals surface area contributed by atoms with Crippen molar-refractivity contribution in [1.29, 1.82) is 0 Å². The molecule has 0 aliphatic carbocycles. The highest BCUT2D eigenvalue weighted by atomic mass is 32.2. The minimum atomic E-state index is -0.409. The van der Waals surface area contributed by atoms with Crippen LogP contribution in [0.2, 0.25) is 0 Å². The molecule has 7 nitrogen and oxygen atoms in total. The Bertz CT molecular complexity index is 945. The van der Waals surface area contributed by atoms with Gasteiger partial charge in [-0.25, -0.2) is 0 Å². The number of nitrogen functional groups attached to an aromatic ring is 1. The second kappa shape index (κ2) is 7.85. The molecule has 8 heteroatoms. The van der Waals surface area contributed by atoms with Gasteiger partial charge < -0.3 is 20.9 Å². The van der Waals surface area contributed by atoms with Gasteiger partial charge in [0, 0.05) is 29.3 Å². The summed E-state index contributed by atoms with van der Waals surface area (Å²) in [4.78, 5) is 16.3. The average molecular weight is 395 g/mol. The van der Waals surface area contributed by atoms with Gasteiger partial charge in [-0.3, -0.25) is 10.1 Å². The molecule has 0 aromatic heterocycles. The number of rotatable bonds is 5. The Kier molecular flexibility index (Phi) is 5.12. The average Bonchev–Trinajstić information content (AvgIpc) is 3.11. The first-order chi connectivity index (χ1) is 13.6. The highest BCUT2D eigenvalue weighted by molar-refractivity contribution is 8.03. The molecular weight excluding hydrogens is 374 g/mol. The number of nitrogens with two attached hydrogens (primary N) is 1. The third-order valence-electron chi connectivity index (χ3n) is 4.81. The molecular formula is C20H21N5O2S. The van der Waals surface area contributed by atoms with Crippen LogP contribution in [0.3, 0.4) is 0 Å². The quantitative estimate of drug-likeness (QED) is 0.451. The molecule has 4 rings (SSSR count). The Morgan fingerprint density at radius 2 is 1.93 bits per heavy atom. The molecule has 0 fully saturated rings. The van der Waals surface area contributed by atoms with Gasteiger partial charge in [-0.1, -0.05) is 30.3 Å². The normalized spacial score (nSPS) is 16.9. The lowest BCUT2D eigenvalue weighted by Crippen LogP contribution is -2.35. The first-order valence-electron chi connectivity index (χ1n) is 9.01. The van der Waals surface area contributed by atoms with Gasteiger partial charge in [0.1, 0.15) is 0 Å². The van der Waals surface area contributed by atoms with Gasteiger partial charge in [-0.05, 0) is 24.3 Å². The van der Waals surface area contributed by atoms with E-state index in [0.717, 1.165) is 35.6 Å². The molecule has 0 saturated carbocycles. The monoisotopic (exact) mass is 395 g/mol. The molecule has 144 valence electrons. The third-order valence-corrected chi connectivity index (χ3v) is 5.91. The van der Waals surface area contributed by atoms with E-state index >= 15 is 0 Å². The zero-order valence-electron chi connectivity index (χ0n) is 15.2. The van der Waals surface area contributed by atoms with E-state index in [9.17, 15) is 10.1 Å². The van der Waals surface area contributed by atoms with E-state index in [2.05, 4.69) is 10.2 Å². The lowest BCUT2D eigenvalue weighted by molar-refractivity contribution is -0.404. The summed E-state index contributed by atoms with van der Waals surface area (Å²) in [5.41, 5.74) is 10.0. The Labute approximate surface area is 167 Å². The smallest absolute Gasteiger partial charge is 0.274 e. The first kappa shape index (κ1) is 18.2. The number of benzene rings is 2. The SMILES string of the molecule is Nc1ccccc1N1CSC2=C1CCN(C(=C[N+](=O)[O-])Nc1ccccc1)C2. The fourth-order valence-electron chi connectivity index (χ4n) is 3.47. The standard InChI is InChI=1S/C20H21N5O2S/c21-16-8-4-5-9-17(16)24-14-28-19-12-23(11-10-18(19)24)20(13-25(26)27)22-15-6-2-1-3-7-15/h1-9,13,22H,10-12,14,21H2. The van der Waals surface area contributed by atoms with E-state index in [1.807, 2.05) is 59.5 Å². The molecule has 2 aliphatic heterocycles. The van der Waals surface area contributed by atoms with Crippen molar-refractivity contribution in [2.24, 2.45) is 0 Å². The number of hydrogen-bond donors (Lipinski definition) is 2. The van der Waals surface area contributed by atoms with Crippen LogP contribution in [0.1, 0.15) is 6.42 Å². The van der Waals surface area contributed by atoms with Gasteiger partial charge >= 0.3 is 0 Å². The fraction of sp³-hybridized carbons (Fsp3) is 0.200. The van der Waals surface area contributed by atoms with Crippen molar-refractivity contribution in [1.82, 2.24) is 4.90 Å². The minimum Gasteiger partial charge on any atom is -0.397 e. The van der Waals surface area contributed by atoms with Crippen LogP contribution >= 0.6 is 11.8 Å². The largest absolute Gasteiger partial charge is 0.397 e. The number of hydrogen-bond acceptors (Lipinski definition) is 7. The van der Waals surface area contributed by atoms with Crippen molar-refractivity contribution in [3.05, 3.63) is 87.3 Å². The summed E-state index contributed by atoms with van der Waals surface area (Å²) in [6, 6.07) is 17.4. The molecule has 2 heterocycles. The topological polar surface area (TPSA) is 87.7 Å². The Morgan fingerprint density at radius 3 is 2.68 bits per heavy atom. The van der Waals surface area contributed by atoms with Crippen LogP contribution in [0.25, 0.3) is 0 Å². The Balaban J connectivity index is 1.56. The van der Waals surface area contributed by atoms with Crippen LogP contribution < -0.4 is 16.0 Å². The van der Waals surface area contributed by atoms with E-state index < -0.39 is 4.92 Å². The van der Waals surface area contributed by atoms with Crippen LogP contribution in [-0.4, -0.2) is 28.8 Å². The second-order valence-corrected chi connectivity index (χ2v) is 7.63. The number of anilines is 3. The Morgan fingerprint density at radius 1 is 1.18 bits per heavy atom. The summed E-state index contributed by atoms with van der Waals surface area (Å²) in [6.45, 7) is 1.34. The van der Waals surface area contributed by atoms with Crippen molar-refractivity contribution in [2.75, 3.05) is 34.9 Å². The molecule has 0 saturated heterocycles. The van der Waals surface area contributed by atoms with Crippen molar-refractivity contribution >= 4 is 28.8 Å². The molecule has 28 heavy (non-hydrogen) atoms. The lowest BCUT2D eigenvalue weighted by Gasteiger charge is -2.33. The molecule has 2 aliphatic rings. The molecule has 0 unspecified atom stereocenters. The van der Waals surface area contributed by atoms with Gasteiger partial charge in [0.25, 0.3) is 6.20 Å². The Hall–Kier alpha value is -3.13. The number of para-hydroxylation sites is 3. The van der Waals surface area contributed by atoms with Crippen LogP contribution in [0, 0.1) is 10.1 Å². The maximum Gasteiger partial charge on any atom is 0.274 e. The van der Waals surface area contributed by atoms with Crippen LogP contribution in [-0.2, 0) is 0 Å². The van der Waals surface area contributed by atoms with Crippen molar-refractivity contribution in [2.45, 2.75) is 6.42 Å². The van der Waals surface area contributed by atoms with E-state index in [1.165, 1.54) is 10.6 Å². The van der Waals surface area contributed by atoms with E-state index in [-0.39, 0.29) is 0 Å². The summed E-state index contributed by atoms with van der Waals surface area (Å²) in [6.07, 6.45) is 1.85. The molecule has 3 N–H and O–H groups in total. The summed E-state index contributed by atoms with van der Waals surface area (Å²) in [5, 5.41) is 14.4. The highest BCUT2D eigenvalue weighted by Crippen LogP contribution is 2.42. The predicted molar refractivity (Wildman–Crippen MR) is 114 cm³/mol. The molecule has 2 aromatic rings. The van der Waals surface area contributed by atoms with E-state index in [0.29, 0.717) is 18.9 Å². The zero-order chi connectivity index (χ0) is 19.5. The third kappa shape index (κ3) is 3.77. The van der Waals surface area contributed by atoms with Gasteiger partial charge in [-0.15, -0.1) is 11.8 Å². The van der Waals surface area contributed by atoms with E-state index in [1.54, 1.807) is 11.8 Å². The summed E-state index contributed by atoms with van der Waals surface area (Å²) in [5.74, 6) is 1.31. The maximum atomic E-state index is 11.2. The number of nitrogens with one attached hydrogen (secondary N) is 1. The number of thioether (sulfide) groups is 1. The minimum absolute atomic E-state index is 0.409. The molecule has 2 aromatic carbocycles. The molecule has 0 spiro atoms. The summed E-state index contributed by atoms with van der Waals surface area (Å²) >= 11 is 1.77. The van der Waals surface area contributed by atoms with Gasteiger partial charge in [0.15, 0.2) is 5.82 Å². The molecule has 0 amide bonds. The zero-order valence-corrected chi connectivity index (χ0v) is 16.1. The maximum absolute atomic E-state index is 11.2. The van der Waals surface area contributed by atoms with E-state index in [4.69, 9.17) is 5.73 Å². The molecule has 0 atom stereocenters. The molecule has 0 radical (unpaired) electrons. The van der Waals surface area contributed by atoms with Crippen LogP contribution in [0.5, 0.6) is 0 Å². The second-order valence-electron chi connectivity index (χ2n) is 6.59. The fourth-order valence-corrected chi connectivity index (χ4v) is 4.68. The first-order valence-corrected chi connectivity index (χ1v) is 9.99. The summed E-state index contributed by atoms with van der Waals surface area (Å²) < 4.78 is 0. The van der Waals surface area contributed by atoms with Gasteiger partial charge in [0.2, 0.25) is 0 Å². The summed E-state index contributed by atoms with van der Waals surface area (Å²) in [7, 11) is 0. The highest BCUT2D eigenvalue weighted by Gasteiger charge is 2.31. The van der Waals surface area contributed by atoms with Crippen molar-refractivity contribution in [3.8, 4) is 0 Å². The van der Waals surface area contributed by atoms with Crippen LogP contribution in [0.15, 0.2) is 77.2 Å². The van der Waals surface area contributed by atoms with Crippen molar-refractivity contribution in [3.63, 3.8) is 0 Å². The lowest BCUT2D eigenvalue weighted by atomic mass is 10.1.